The number of amides is 1. The molecule has 1 saturated heterocycles. The van der Waals surface area contributed by atoms with Gasteiger partial charge in [0, 0.05) is 48.8 Å². The van der Waals surface area contributed by atoms with E-state index in [0.29, 0.717) is 19.0 Å². The smallest absolute Gasteiger partial charge is 0.222 e. The van der Waals surface area contributed by atoms with E-state index in [9.17, 15) is 4.79 Å². The molecule has 3 N–H and O–H groups in total. The van der Waals surface area contributed by atoms with E-state index in [0.717, 1.165) is 42.7 Å². The maximum absolute atomic E-state index is 11.7. The van der Waals surface area contributed by atoms with Gasteiger partial charge in [0.05, 0.1) is 6.54 Å². The molecule has 0 saturated carbocycles. The summed E-state index contributed by atoms with van der Waals surface area (Å²) >= 11 is 6.10. The number of hydrogen-bond donors (Lipinski definition) is 3. The Hall–Kier alpha value is -1.22. The average molecular weight is 508 g/mol. The van der Waals surface area contributed by atoms with Gasteiger partial charge in [-0.05, 0) is 45.4 Å². The van der Waals surface area contributed by atoms with Crippen molar-refractivity contribution in [3.05, 3.63) is 29.3 Å². The Kier molecular flexibility index (Phi) is 10.8. The van der Waals surface area contributed by atoms with Crippen LogP contribution in [0, 0.1) is 0 Å². The lowest BCUT2D eigenvalue weighted by Gasteiger charge is -2.20. The first-order chi connectivity index (χ1) is 12.5. The third-order valence-electron chi connectivity index (χ3n) is 4.11. The minimum absolute atomic E-state index is 0. The van der Waals surface area contributed by atoms with E-state index in [-0.39, 0.29) is 35.9 Å². The first kappa shape index (κ1) is 23.8. The highest BCUT2D eigenvalue weighted by Crippen LogP contribution is 2.23. The SMILES string of the molecule is CCNC(=NCCC(=O)NC(C)C)NC1CCN(c2cccc(Cl)c2)C1.I. The van der Waals surface area contributed by atoms with Crippen LogP contribution in [0.15, 0.2) is 29.3 Å². The molecule has 1 atom stereocenters. The van der Waals surface area contributed by atoms with Crippen LogP contribution in [0.2, 0.25) is 5.02 Å². The Bertz CT molecular complexity index is 626. The Morgan fingerprint density at radius 2 is 2.19 bits per heavy atom. The second-order valence-corrected chi connectivity index (χ2v) is 7.23. The van der Waals surface area contributed by atoms with Crippen molar-refractivity contribution in [1.29, 1.82) is 0 Å². The molecule has 1 aromatic carbocycles. The van der Waals surface area contributed by atoms with Crippen molar-refractivity contribution in [3.63, 3.8) is 0 Å². The summed E-state index contributed by atoms with van der Waals surface area (Å²) in [6.07, 6.45) is 1.43. The van der Waals surface area contributed by atoms with Crippen LogP contribution in [-0.2, 0) is 4.79 Å². The molecule has 1 amide bonds. The lowest BCUT2D eigenvalue weighted by molar-refractivity contribution is -0.121. The first-order valence-corrected chi connectivity index (χ1v) is 9.70. The van der Waals surface area contributed by atoms with Crippen LogP contribution in [0.3, 0.4) is 0 Å². The number of halogens is 2. The van der Waals surface area contributed by atoms with E-state index in [1.54, 1.807) is 0 Å². The molecule has 0 bridgehead atoms. The van der Waals surface area contributed by atoms with Crippen LogP contribution < -0.4 is 20.9 Å². The van der Waals surface area contributed by atoms with Gasteiger partial charge in [0.15, 0.2) is 5.96 Å². The monoisotopic (exact) mass is 507 g/mol. The number of carbonyl (C=O) groups is 1. The molecule has 27 heavy (non-hydrogen) atoms. The van der Waals surface area contributed by atoms with Crippen LogP contribution in [0.4, 0.5) is 5.69 Å². The third kappa shape index (κ3) is 8.55. The summed E-state index contributed by atoms with van der Waals surface area (Å²) < 4.78 is 0. The topological polar surface area (TPSA) is 68.8 Å². The second kappa shape index (κ2) is 12.3. The molecule has 1 aromatic rings. The number of hydrogen-bond acceptors (Lipinski definition) is 3. The first-order valence-electron chi connectivity index (χ1n) is 9.32. The van der Waals surface area contributed by atoms with Gasteiger partial charge < -0.3 is 20.9 Å². The summed E-state index contributed by atoms with van der Waals surface area (Å²) in [4.78, 5) is 18.6. The molecule has 0 aromatic heterocycles. The number of carbonyl (C=O) groups excluding carboxylic acids is 1. The van der Waals surface area contributed by atoms with E-state index in [1.807, 2.05) is 39.0 Å². The second-order valence-electron chi connectivity index (χ2n) is 6.79. The highest BCUT2D eigenvalue weighted by molar-refractivity contribution is 14.0. The number of guanidine groups is 1. The highest BCUT2D eigenvalue weighted by atomic mass is 127. The fourth-order valence-electron chi connectivity index (χ4n) is 2.96. The Balaban J connectivity index is 0.00000364. The van der Waals surface area contributed by atoms with Crippen LogP contribution in [0.1, 0.15) is 33.6 Å². The Morgan fingerprint density at radius 1 is 1.41 bits per heavy atom. The summed E-state index contributed by atoms with van der Waals surface area (Å²) in [6, 6.07) is 8.43. The number of aliphatic imine (C=N–C) groups is 1. The van der Waals surface area contributed by atoms with Gasteiger partial charge in [0.1, 0.15) is 0 Å². The van der Waals surface area contributed by atoms with Crippen LogP contribution in [0.25, 0.3) is 0 Å². The van der Waals surface area contributed by atoms with Crippen molar-refractivity contribution in [3.8, 4) is 0 Å². The van der Waals surface area contributed by atoms with E-state index in [2.05, 4.69) is 31.9 Å². The number of rotatable bonds is 7. The number of anilines is 1. The maximum Gasteiger partial charge on any atom is 0.222 e. The summed E-state index contributed by atoms with van der Waals surface area (Å²) in [6.45, 7) is 9.09. The van der Waals surface area contributed by atoms with Gasteiger partial charge in [0.25, 0.3) is 0 Å². The number of nitrogens with zero attached hydrogens (tertiary/aromatic N) is 2. The molecule has 8 heteroatoms. The van der Waals surface area contributed by atoms with Crippen LogP contribution in [0.5, 0.6) is 0 Å². The van der Waals surface area contributed by atoms with Gasteiger partial charge in [-0.25, -0.2) is 0 Å². The molecule has 1 fully saturated rings. The quantitative estimate of drug-likeness (QED) is 0.302. The van der Waals surface area contributed by atoms with Crippen LogP contribution in [-0.4, -0.2) is 50.1 Å². The highest BCUT2D eigenvalue weighted by Gasteiger charge is 2.23. The van der Waals surface area contributed by atoms with Crippen molar-refractivity contribution in [2.24, 2.45) is 4.99 Å². The zero-order valence-corrected chi connectivity index (χ0v) is 19.4. The fraction of sp³-hybridized carbons (Fsp3) is 0.579. The van der Waals surface area contributed by atoms with E-state index in [4.69, 9.17) is 11.6 Å². The van der Waals surface area contributed by atoms with Crippen molar-refractivity contribution in [2.45, 2.75) is 45.7 Å². The van der Waals surface area contributed by atoms with Crippen molar-refractivity contribution >= 4 is 53.1 Å². The normalized spacial score (nSPS) is 16.9. The zero-order chi connectivity index (χ0) is 18.9. The predicted molar refractivity (Wildman–Crippen MR) is 124 cm³/mol. The minimum Gasteiger partial charge on any atom is -0.369 e. The van der Waals surface area contributed by atoms with Crippen molar-refractivity contribution in [2.75, 3.05) is 31.1 Å². The molecule has 6 nitrogen and oxygen atoms in total. The van der Waals surface area contributed by atoms with Gasteiger partial charge in [-0.1, -0.05) is 17.7 Å². The lowest BCUT2D eigenvalue weighted by Crippen LogP contribution is -2.44. The number of nitrogens with one attached hydrogen (secondary N) is 3. The maximum atomic E-state index is 11.7. The molecule has 0 radical (unpaired) electrons. The minimum atomic E-state index is 0. The summed E-state index contributed by atoms with van der Waals surface area (Å²) in [5, 5.41) is 10.4. The summed E-state index contributed by atoms with van der Waals surface area (Å²) in [5.41, 5.74) is 1.15. The zero-order valence-electron chi connectivity index (χ0n) is 16.3. The van der Waals surface area contributed by atoms with Gasteiger partial charge in [0.2, 0.25) is 5.91 Å². The molecule has 0 spiro atoms. The fourth-order valence-corrected chi connectivity index (χ4v) is 3.15. The molecule has 1 aliphatic heterocycles. The van der Waals surface area contributed by atoms with Gasteiger partial charge in [-0.15, -0.1) is 24.0 Å². The average Bonchev–Trinajstić information content (AvgIpc) is 3.03. The summed E-state index contributed by atoms with van der Waals surface area (Å²) in [5.74, 6) is 0.801. The molecule has 152 valence electrons. The van der Waals surface area contributed by atoms with Gasteiger partial charge in [-0.2, -0.15) is 0 Å². The van der Waals surface area contributed by atoms with E-state index in [1.165, 1.54) is 0 Å². The Morgan fingerprint density at radius 3 is 2.85 bits per heavy atom. The molecular formula is C19H31ClIN5O. The standard InChI is InChI=1S/C19H30ClN5O.HI/c1-4-21-19(22-10-8-18(26)23-14(2)3)24-16-9-11-25(13-16)17-7-5-6-15(20)12-17;/h5-7,12,14,16H,4,8-11,13H2,1-3H3,(H,23,26)(H2,21,22,24);1H. The largest absolute Gasteiger partial charge is 0.369 e. The summed E-state index contributed by atoms with van der Waals surface area (Å²) in [7, 11) is 0. The number of benzene rings is 1. The van der Waals surface area contributed by atoms with Gasteiger partial charge >= 0.3 is 0 Å². The van der Waals surface area contributed by atoms with Gasteiger partial charge in [-0.3, -0.25) is 9.79 Å². The molecule has 2 rings (SSSR count). The van der Waals surface area contributed by atoms with Crippen molar-refractivity contribution in [1.82, 2.24) is 16.0 Å². The predicted octanol–water partition coefficient (Wildman–Crippen LogP) is 3.01. The molecule has 1 aliphatic rings. The van der Waals surface area contributed by atoms with Crippen LogP contribution >= 0.6 is 35.6 Å². The lowest BCUT2D eigenvalue weighted by atomic mass is 10.2. The van der Waals surface area contributed by atoms with E-state index >= 15 is 0 Å². The molecule has 1 unspecified atom stereocenters. The molecule has 0 aliphatic carbocycles. The third-order valence-corrected chi connectivity index (χ3v) is 4.34. The molecular weight excluding hydrogens is 477 g/mol. The molecule has 1 heterocycles. The van der Waals surface area contributed by atoms with Crippen molar-refractivity contribution < 1.29 is 4.79 Å². The van der Waals surface area contributed by atoms with E-state index < -0.39 is 0 Å². The Labute approximate surface area is 184 Å².